The van der Waals surface area contributed by atoms with Gasteiger partial charge in [0.15, 0.2) is 10.8 Å². The fraction of sp³-hybridized carbons (Fsp3) is 0.333. The molecule has 42 heavy (non-hydrogen) atoms. The quantitative estimate of drug-likeness (QED) is 0.268. The highest BCUT2D eigenvalue weighted by molar-refractivity contribution is 7.89. The van der Waals surface area contributed by atoms with Gasteiger partial charge >= 0.3 is 6.55 Å². The Bertz CT molecular complexity index is 1740. The van der Waals surface area contributed by atoms with Crippen molar-refractivity contribution in [2.75, 3.05) is 12.3 Å². The highest BCUT2D eigenvalue weighted by atomic mass is 35.5. The van der Waals surface area contributed by atoms with Gasteiger partial charge in [0, 0.05) is 65.1 Å². The number of benzene rings is 1. The molecule has 220 valence electrons. The van der Waals surface area contributed by atoms with Crippen LogP contribution in [0.5, 0.6) is 0 Å². The van der Waals surface area contributed by atoms with Crippen molar-refractivity contribution in [2.45, 2.75) is 37.9 Å². The Labute approximate surface area is 246 Å². The van der Waals surface area contributed by atoms with Crippen molar-refractivity contribution >= 4 is 44.4 Å². The van der Waals surface area contributed by atoms with Gasteiger partial charge in [0.05, 0.1) is 11.4 Å². The summed E-state index contributed by atoms with van der Waals surface area (Å²) in [4.78, 5) is 11.2. The van der Waals surface area contributed by atoms with Crippen LogP contribution in [0.3, 0.4) is 0 Å². The van der Waals surface area contributed by atoms with E-state index in [9.17, 15) is 21.6 Å². The third kappa shape index (κ3) is 5.81. The summed E-state index contributed by atoms with van der Waals surface area (Å²) >= 11 is 7.81. The normalized spacial score (nSPS) is 19.1. The second-order valence-corrected chi connectivity index (χ2v) is 12.8. The van der Waals surface area contributed by atoms with Crippen molar-refractivity contribution in [1.29, 1.82) is 0 Å². The molecule has 12 nitrogen and oxygen atoms in total. The molecule has 0 saturated carbocycles. The van der Waals surface area contributed by atoms with E-state index in [1.807, 2.05) is 4.90 Å². The molecule has 1 fully saturated rings. The van der Waals surface area contributed by atoms with E-state index in [0.717, 1.165) is 12.3 Å². The summed E-state index contributed by atoms with van der Waals surface area (Å²) in [5.41, 5.74) is 1.74. The fourth-order valence-electron chi connectivity index (χ4n) is 5.06. The van der Waals surface area contributed by atoms with Crippen LogP contribution in [0.1, 0.15) is 47.5 Å². The lowest BCUT2D eigenvalue weighted by Crippen LogP contribution is -2.40. The minimum absolute atomic E-state index is 0.0966. The number of hydrogen-bond donors (Lipinski definition) is 2. The number of aromatic nitrogens is 7. The highest BCUT2D eigenvalue weighted by Gasteiger charge is 2.42. The number of thiazole rings is 1. The zero-order valence-electron chi connectivity index (χ0n) is 21.5. The predicted molar refractivity (Wildman–Crippen MR) is 148 cm³/mol. The number of amidine groups is 1. The third-order valence-corrected chi connectivity index (χ3v) is 9.40. The van der Waals surface area contributed by atoms with E-state index in [1.54, 1.807) is 11.6 Å². The number of sulfonamides is 1. The van der Waals surface area contributed by atoms with Crippen LogP contribution in [0.15, 0.2) is 52.7 Å². The minimum Gasteiger partial charge on any atom is -0.326 e. The van der Waals surface area contributed by atoms with Crippen LogP contribution in [0.2, 0.25) is 5.02 Å². The summed E-state index contributed by atoms with van der Waals surface area (Å²) in [5, 5.41) is 19.9. The first kappa shape index (κ1) is 28.4. The van der Waals surface area contributed by atoms with E-state index in [-0.39, 0.29) is 29.4 Å². The van der Waals surface area contributed by atoms with Gasteiger partial charge in [-0.05, 0) is 35.0 Å². The Hall–Kier alpha value is -3.67. The monoisotopic (exact) mass is 638 g/mol. The number of H-pyrrole nitrogens is 1. The predicted octanol–water partition coefficient (Wildman–Crippen LogP) is 3.58. The summed E-state index contributed by atoms with van der Waals surface area (Å²) in [7, 11) is -3.72. The average Bonchev–Trinajstić information content (AvgIpc) is 3.75. The molecule has 2 N–H and O–H groups in total. The molecule has 18 heteroatoms. The van der Waals surface area contributed by atoms with Gasteiger partial charge in [0.25, 0.3) is 0 Å². The first-order valence-corrected chi connectivity index (χ1v) is 15.6. The largest absolute Gasteiger partial charge is 0.333 e. The van der Waals surface area contributed by atoms with Crippen LogP contribution in [-0.2, 0) is 16.4 Å². The smallest absolute Gasteiger partial charge is 0.326 e. The molecular weight excluding hydrogens is 617 g/mol. The van der Waals surface area contributed by atoms with Crippen LogP contribution in [0.25, 0.3) is 5.57 Å². The standard InChI is InChI=1S/C24H22ClF3N10O2S2/c25-16-10-13(26)3-4-15(16)21-20(17-5-7-38(33-17)24(27)28)18-11-14(12-37(18)22(30-21)23-29-6-8-41-23)34-42(39,40)9-1-2-19-31-35-36-32-19/h3-8,10,14,21,24,34H,1-2,9,11-12H2,(H,31,32,35,36)/t14-,21-/m0/s1. The number of aromatic amines is 1. The number of fused-ring (bicyclic) bond motifs is 1. The zero-order chi connectivity index (χ0) is 29.4. The first-order chi connectivity index (χ1) is 20.2. The molecule has 0 amide bonds. The lowest BCUT2D eigenvalue weighted by Gasteiger charge is -2.32. The van der Waals surface area contributed by atoms with Crippen LogP contribution < -0.4 is 4.72 Å². The van der Waals surface area contributed by atoms with E-state index in [1.165, 1.54) is 29.5 Å². The molecule has 6 rings (SSSR count). The number of rotatable bonds is 10. The lowest BCUT2D eigenvalue weighted by molar-refractivity contribution is 0.0564. The number of tetrazole rings is 1. The molecule has 0 aliphatic carbocycles. The number of alkyl halides is 2. The van der Waals surface area contributed by atoms with Crippen molar-refractivity contribution < 1.29 is 21.6 Å². The molecule has 4 aromatic rings. The number of hydrogen-bond acceptors (Lipinski definition) is 10. The van der Waals surface area contributed by atoms with Crippen LogP contribution in [0, 0.1) is 5.82 Å². The SMILES string of the molecule is O=S(=O)(CCCc1nnn[nH]1)N[C@H]1CC2=C(c3ccn(C(F)F)n3)[C@H](c3ccc(F)cc3Cl)N=C(c3nccs3)N2C1. The van der Waals surface area contributed by atoms with Crippen molar-refractivity contribution in [3.8, 4) is 0 Å². The molecule has 2 atom stereocenters. The van der Waals surface area contributed by atoms with Gasteiger partial charge in [-0.1, -0.05) is 17.7 Å². The number of halogens is 4. The summed E-state index contributed by atoms with van der Waals surface area (Å²) in [6.07, 6.45) is 3.63. The molecule has 2 aliphatic rings. The zero-order valence-corrected chi connectivity index (χ0v) is 23.9. The Balaban J connectivity index is 1.38. The Morgan fingerprint density at radius 3 is 2.81 bits per heavy atom. The van der Waals surface area contributed by atoms with E-state index >= 15 is 0 Å². The van der Waals surface area contributed by atoms with E-state index in [2.05, 4.69) is 35.4 Å². The molecule has 0 bridgehead atoms. The van der Waals surface area contributed by atoms with E-state index < -0.39 is 34.5 Å². The number of nitrogens with one attached hydrogen (secondary N) is 2. The third-order valence-electron chi connectivity index (χ3n) is 6.79. The van der Waals surface area contributed by atoms with Gasteiger partial charge in [-0.25, -0.2) is 32.3 Å². The maximum absolute atomic E-state index is 14.0. The van der Waals surface area contributed by atoms with Crippen molar-refractivity contribution in [3.63, 3.8) is 0 Å². The fourth-order valence-corrected chi connectivity index (χ4v) is 7.28. The minimum atomic E-state index is -3.72. The van der Waals surface area contributed by atoms with Gasteiger partial charge in [-0.3, -0.25) is 4.99 Å². The number of nitrogens with zero attached hydrogens (tertiary/aromatic N) is 8. The Kier molecular flexibility index (Phi) is 7.82. The van der Waals surface area contributed by atoms with Crippen LogP contribution in [-0.4, -0.2) is 72.9 Å². The maximum atomic E-state index is 14.0. The average molecular weight is 639 g/mol. The second-order valence-electron chi connectivity index (χ2n) is 9.58. The molecule has 1 saturated heterocycles. The first-order valence-electron chi connectivity index (χ1n) is 12.7. The van der Waals surface area contributed by atoms with Gasteiger partial charge < -0.3 is 4.90 Å². The Morgan fingerprint density at radius 1 is 1.26 bits per heavy atom. The molecular formula is C24H22ClF3N10O2S2. The van der Waals surface area contributed by atoms with E-state index in [4.69, 9.17) is 16.6 Å². The Morgan fingerprint density at radius 2 is 2.12 bits per heavy atom. The summed E-state index contributed by atoms with van der Waals surface area (Å²) < 4.78 is 70.4. The molecule has 0 spiro atoms. The maximum Gasteiger partial charge on any atom is 0.333 e. The van der Waals surface area contributed by atoms with Gasteiger partial charge in [0.2, 0.25) is 10.0 Å². The topological polar surface area (TPSA) is 147 Å². The van der Waals surface area contributed by atoms with Crippen molar-refractivity contribution in [2.24, 2.45) is 4.99 Å². The second kappa shape index (κ2) is 11.5. The molecule has 0 unspecified atom stereocenters. The summed E-state index contributed by atoms with van der Waals surface area (Å²) in [5.74, 6) is 0.241. The van der Waals surface area contributed by atoms with Crippen LogP contribution >= 0.6 is 22.9 Å². The van der Waals surface area contributed by atoms with Gasteiger partial charge in [0.1, 0.15) is 17.7 Å². The molecule has 3 aromatic heterocycles. The van der Waals surface area contributed by atoms with Crippen LogP contribution in [0.4, 0.5) is 13.2 Å². The molecule has 2 aliphatic heterocycles. The van der Waals surface area contributed by atoms with Crippen molar-refractivity contribution in [3.05, 3.63) is 80.7 Å². The van der Waals surface area contributed by atoms with E-state index in [0.29, 0.717) is 51.0 Å². The molecule has 1 aromatic carbocycles. The lowest BCUT2D eigenvalue weighted by atomic mass is 9.92. The summed E-state index contributed by atoms with van der Waals surface area (Å²) in [6.45, 7) is -2.66. The molecule has 0 radical (unpaired) electrons. The highest BCUT2D eigenvalue weighted by Crippen LogP contribution is 2.46. The number of aryl methyl sites for hydroxylation is 1. The van der Waals surface area contributed by atoms with Crippen molar-refractivity contribution in [1.82, 2.24) is 45.0 Å². The molecule has 5 heterocycles. The summed E-state index contributed by atoms with van der Waals surface area (Å²) in [6, 6.07) is 3.91. The van der Waals surface area contributed by atoms with Gasteiger partial charge in [-0.2, -0.15) is 13.9 Å². The number of aliphatic imine (C=N–C) groups is 1. The van der Waals surface area contributed by atoms with Gasteiger partial charge in [-0.15, -0.1) is 16.4 Å².